The number of aromatic nitrogens is 1. The molecular formula is C18H20F3NO2. The average molecular weight is 339 g/mol. The first-order valence-electron chi connectivity index (χ1n) is 7.67. The summed E-state index contributed by atoms with van der Waals surface area (Å²) in [5.41, 5.74) is 1.94. The summed E-state index contributed by atoms with van der Waals surface area (Å²) in [4.78, 5) is 14.2. The number of nitrogens with one attached hydrogen (secondary N) is 1. The molecule has 0 radical (unpaired) electrons. The van der Waals surface area contributed by atoms with Gasteiger partial charge in [-0.3, -0.25) is 4.79 Å². The Labute approximate surface area is 138 Å². The van der Waals surface area contributed by atoms with Gasteiger partial charge in [-0.25, -0.2) is 0 Å². The summed E-state index contributed by atoms with van der Waals surface area (Å²) in [5.74, 6) is -0.337. The minimum absolute atomic E-state index is 0.0104. The zero-order chi connectivity index (χ0) is 17.9. The molecule has 1 aromatic heterocycles. The molecular weight excluding hydrogens is 319 g/mol. The number of H-pyrrole nitrogens is 1. The molecule has 1 aromatic carbocycles. The maximum atomic E-state index is 13.1. The van der Waals surface area contributed by atoms with Crippen LogP contribution in [0.4, 0.5) is 13.2 Å². The van der Waals surface area contributed by atoms with Crippen LogP contribution in [0.1, 0.15) is 43.0 Å². The first-order chi connectivity index (χ1) is 11.2. The summed E-state index contributed by atoms with van der Waals surface area (Å²) in [5, 5.41) is 0. The lowest BCUT2D eigenvalue weighted by Gasteiger charge is -2.13. The number of methoxy groups -OCH3 is 1. The van der Waals surface area contributed by atoms with E-state index in [1.165, 1.54) is 13.2 Å². The van der Waals surface area contributed by atoms with Gasteiger partial charge in [-0.15, -0.1) is 0 Å². The minimum Gasteiger partial charge on any atom is -0.469 e. The zero-order valence-corrected chi connectivity index (χ0v) is 13.8. The molecule has 2 rings (SSSR count). The lowest BCUT2D eigenvalue weighted by molar-refractivity contribution is -0.140. The van der Waals surface area contributed by atoms with Crippen molar-refractivity contribution in [3.05, 3.63) is 47.3 Å². The molecule has 2 aromatic rings. The number of carbonyl (C=O) groups is 1. The summed E-state index contributed by atoms with van der Waals surface area (Å²) in [6, 6.07) is 5.88. The summed E-state index contributed by atoms with van der Waals surface area (Å²) >= 11 is 0. The van der Waals surface area contributed by atoms with Crippen LogP contribution in [0.2, 0.25) is 0 Å². The van der Waals surface area contributed by atoms with E-state index in [2.05, 4.69) is 9.72 Å². The monoisotopic (exact) mass is 339 g/mol. The van der Waals surface area contributed by atoms with Crippen LogP contribution in [0.25, 0.3) is 11.1 Å². The summed E-state index contributed by atoms with van der Waals surface area (Å²) in [6.07, 6.45) is -2.06. The Morgan fingerprint density at radius 3 is 2.46 bits per heavy atom. The largest absolute Gasteiger partial charge is 0.469 e. The zero-order valence-electron chi connectivity index (χ0n) is 13.8. The molecule has 0 aliphatic rings. The number of rotatable bonds is 5. The molecule has 1 heterocycles. The molecule has 3 nitrogen and oxygen atoms in total. The van der Waals surface area contributed by atoms with Crippen molar-refractivity contribution in [2.45, 2.75) is 38.8 Å². The fourth-order valence-electron chi connectivity index (χ4n) is 2.41. The van der Waals surface area contributed by atoms with Gasteiger partial charge in [-0.05, 0) is 47.2 Å². The van der Waals surface area contributed by atoms with Crippen LogP contribution < -0.4 is 0 Å². The predicted octanol–water partition coefficient (Wildman–Crippen LogP) is 4.93. The number of aromatic amines is 1. The van der Waals surface area contributed by atoms with Crippen LogP contribution in [0.15, 0.2) is 30.5 Å². The summed E-state index contributed by atoms with van der Waals surface area (Å²) < 4.78 is 43.9. The predicted molar refractivity (Wildman–Crippen MR) is 85.7 cm³/mol. The molecule has 0 fully saturated rings. The second-order valence-corrected chi connectivity index (χ2v) is 5.99. The molecule has 0 amide bonds. The number of carbonyl (C=O) groups excluding carboxylic acids is 1. The molecule has 0 saturated carbocycles. The van der Waals surface area contributed by atoms with E-state index < -0.39 is 11.7 Å². The van der Waals surface area contributed by atoms with Crippen molar-refractivity contribution in [2.75, 3.05) is 7.11 Å². The van der Waals surface area contributed by atoms with Gasteiger partial charge in [0.05, 0.1) is 19.1 Å². The number of hydrogen-bond donors (Lipinski definition) is 1. The Hall–Kier alpha value is -2.24. The highest BCUT2D eigenvalue weighted by atomic mass is 19.4. The maximum absolute atomic E-state index is 13.1. The van der Waals surface area contributed by atoms with E-state index in [9.17, 15) is 18.0 Å². The fraction of sp³-hybridized carbons (Fsp3) is 0.389. The van der Waals surface area contributed by atoms with Gasteiger partial charge in [-0.2, -0.15) is 13.2 Å². The number of aryl methyl sites for hydroxylation is 1. The number of halogens is 3. The first-order valence-corrected chi connectivity index (χ1v) is 7.67. The standard InChI is InChI=1S/C18H20F3NO2/c1-11(2)12-6-13(8-15(7-12)18(19,20)21)14-9-16(22-10-14)4-5-17(23)24-3/h6-11,22H,4-5H2,1-3H3. The van der Waals surface area contributed by atoms with Gasteiger partial charge in [-0.1, -0.05) is 19.9 Å². The van der Waals surface area contributed by atoms with Gasteiger partial charge in [0.2, 0.25) is 0 Å². The lowest BCUT2D eigenvalue weighted by Crippen LogP contribution is -2.06. The molecule has 0 aliphatic heterocycles. The molecule has 6 heteroatoms. The van der Waals surface area contributed by atoms with Crippen LogP contribution in [-0.4, -0.2) is 18.1 Å². The average Bonchev–Trinajstić information content (AvgIpc) is 3.00. The van der Waals surface area contributed by atoms with E-state index in [-0.39, 0.29) is 18.3 Å². The normalized spacial score (nSPS) is 11.8. The Morgan fingerprint density at radius 2 is 1.88 bits per heavy atom. The van der Waals surface area contributed by atoms with Crippen molar-refractivity contribution < 1.29 is 22.7 Å². The highest BCUT2D eigenvalue weighted by Gasteiger charge is 2.31. The fourth-order valence-corrected chi connectivity index (χ4v) is 2.41. The van der Waals surface area contributed by atoms with Crippen molar-refractivity contribution in [1.29, 1.82) is 0 Å². The Balaban J connectivity index is 2.32. The van der Waals surface area contributed by atoms with E-state index in [1.807, 2.05) is 13.8 Å². The molecule has 0 saturated heterocycles. The Kier molecular flexibility index (Phi) is 5.36. The Bertz CT molecular complexity index is 717. The van der Waals surface area contributed by atoms with E-state index >= 15 is 0 Å². The third-order valence-corrected chi connectivity index (χ3v) is 3.85. The summed E-state index contributed by atoms with van der Waals surface area (Å²) in [7, 11) is 1.32. The van der Waals surface area contributed by atoms with Crippen LogP contribution in [-0.2, 0) is 22.1 Å². The van der Waals surface area contributed by atoms with Crippen molar-refractivity contribution >= 4 is 5.97 Å². The molecule has 0 spiro atoms. The highest BCUT2D eigenvalue weighted by molar-refractivity contribution is 5.70. The van der Waals surface area contributed by atoms with Crippen molar-refractivity contribution in [1.82, 2.24) is 4.98 Å². The first kappa shape index (κ1) is 18.1. The molecule has 0 aliphatic carbocycles. The quantitative estimate of drug-likeness (QED) is 0.785. The van der Waals surface area contributed by atoms with Gasteiger partial charge < -0.3 is 9.72 Å². The van der Waals surface area contributed by atoms with Crippen LogP contribution in [0, 0.1) is 0 Å². The van der Waals surface area contributed by atoms with E-state index in [0.29, 0.717) is 23.1 Å². The molecule has 0 atom stereocenters. The van der Waals surface area contributed by atoms with E-state index in [4.69, 9.17) is 0 Å². The Morgan fingerprint density at radius 1 is 1.17 bits per heavy atom. The van der Waals surface area contributed by atoms with Gasteiger partial charge in [0.25, 0.3) is 0 Å². The second kappa shape index (κ2) is 7.11. The molecule has 24 heavy (non-hydrogen) atoms. The number of alkyl halides is 3. The highest BCUT2D eigenvalue weighted by Crippen LogP contribution is 2.35. The van der Waals surface area contributed by atoms with Crippen LogP contribution >= 0.6 is 0 Å². The van der Waals surface area contributed by atoms with Crippen molar-refractivity contribution in [2.24, 2.45) is 0 Å². The number of hydrogen-bond acceptors (Lipinski definition) is 2. The number of esters is 1. The summed E-state index contributed by atoms with van der Waals surface area (Å²) in [6.45, 7) is 3.72. The van der Waals surface area contributed by atoms with Crippen LogP contribution in [0.5, 0.6) is 0 Å². The lowest BCUT2D eigenvalue weighted by atomic mass is 9.95. The molecule has 0 unspecified atom stereocenters. The second-order valence-electron chi connectivity index (χ2n) is 5.99. The molecule has 0 bridgehead atoms. The smallest absolute Gasteiger partial charge is 0.416 e. The number of benzene rings is 1. The van der Waals surface area contributed by atoms with Crippen molar-refractivity contribution in [3.63, 3.8) is 0 Å². The van der Waals surface area contributed by atoms with Gasteiger partial charge in [0.1, 0.15) is 0 Å². The third kappa shape index (κ3) is 4.40. The van der Waals surface area contributed by atoms with Gasteiger partial charge in [0, 0.05) is 11.9 Å². The topological polar surface area (TPSA) is 42.1 Å². The third-order valence-electron chi connectivity index (χ3n) is 3.85. The molecule has 130 valence electrons. The minimum atomic E-state index is -4.39. The van der Waals surface area contributed by atoms with Crippen molar-refractivity contribution in [3.8, 4) is 11.1 Å². The SMILES string of the molecule is COC(=O)CCc1cc(-c2cc(C(C)C)cc(C(F)(F)F)c2)c[nH]1. The van der Waals surface area contributed by atoms with E-state index in [1.54, 1.807) is 18.3 Å². The van der Waals surface area contributed by atoms with Gasteiger partial charge >= 0.3 is 12.1 Å². The van der Waals surface area contributed by atoms with Crippen LogP contribution in [0.3, 0.4) is 0 Å². The molecule has 1 N–H and O–H groups in total. The number of ether oxygens (including phenoxy) is 1. The van der Waals surface area contributed by atoms with Gasteiger partial charge in [0.15, 0.2) is 0 Å². The maximum Gasteiger partial charge on any atom is 0.416 e. The van der Waals surface area contributed by atoms with E-state index in [0.717, 1.165) is 11.8 Å².